The molecule has 8 nitrogen and oxygen atoms in total. The molecule has 0 aliphatic carbocycles. The van der Waals surface area contributed by atoms with Crippen molar-refractivity contribution < 1.29 is 18.7 Å². The first-order chi connectivity index (χ1) is 15.3. The average molecular weight is 548 g/mol. The number of fused-ring (bicyclic) bond motifs is 1. The van der Waals surface area contributed by atoms with Gasteiger partial charge >= 0.3 is 0 Å². The molecule has 164 valence electrons. The van der Waals surface area contributed by atoms with Crippen molar-refractivity contribution in [2.75, 3.05) is 11.9 Å². The lowest BCUT2D eigenvalue weighted by Gasteiger charge is -2.21. The third-order valence-corrected chi connectivity index (χ3v) is 5.76. The van der Waals surface area contributed by atoms with E-state index in [4.69, 9.17) is 10.5 Å². The molecule has 2 aromatic carbocycles. The lowest BCUT2D eigenvalue weighted by molar-refractivity contribution is 0.0943. The Bertz CT molecular complexity index is 1320. The first-order valence-electron chi connectivity index (χ1n) is 9.60. The van der Waals surface area contributed by atoms with E-state index in [-0.39, 0.29) is 28.7 Å². The molecule has 0 unspecified atom stereocenters. The molecule has 1 aliphatic heterocycles. The zero-order valence-electron chi connectivity index (χ0n) is 16.9. The second-order valence-electron chi connectivity index (χ2n) is 7.13. The van der Waals surface area contributed by atoms with Crippen LogP contribution in [0.1, 0.15) is 26.3 Å². The van der Waals surface area contributed by atoms with Crippen LogP contribution in [0.25, 0.3) is 0 Å². The number of amides is 2. The van der Waals surface area contributed by atoms with Gasteiger partial charge in [0.05, 0.1) is 5.69 Å². The lowest BCUT2D eigenvalue weighted by Crippen LogP contribution is -2.32. The summed E-state index contributed by atoms with van der Waals surface area (Å²) in [5, 5.41) is 5.55. The summed E-state index contributed by atoms with van der Waals surface area (Å²) < 4.78 is 22.2. The number of hydrogen-bond donors (Lipinski definition) is 3. The lowest BCUT2D eigenvalue weighted by atomic mass is 9.99. The van der Waals surface area contributed by atoms with E-state index in [0.717, 1.165) is 10.6 Å². The third kappa shape index (κ3) is 4.05. The van der Waals surface area contributed by atoms with Gasteiger partial charge in [-0.25, -0.2) is 4.39 Å². The highest BCUT2D eigenvalue weighted by Gasteiger charge is 2.24. The third-order valence-electron chi connectivity index (χ3n) is 5.09. The Morgan fingerprint density at radius 1 is 1.22 bits per heavy atom. The minimum Gasteiger partial charge on any atom is -0.456 e. The molecule has 0 bridgehead atoms. The van der Waals surface area contributed by atoms with Crippen LogP contribution in [0.3, 0.4) is 0 Å². The van der Waals surface area contributed by atoms with Gasteiger partial charge < -0.3 is 21.1 Å². The molecule has 10 heteroatoms. The van der Waals surface area contributed by atoms with E-state index < -0.39 is 17.3 Å². The number of carbonyl (C=O) groups is 2. The molecule has 1 aliphatic rings. The number of benzene rings is 2. The van der Waals surface area contributed by atoms with E-state index >= 15 is 0 Å². The normalized spacial score (nSPS) is 12.7. The van der Waals surface area contributed by atoms with Crippen LogP contribution in [-0.2, 0) is 13.5 Å². The smallest absolute Gasteiger partial charge is 0.256 e. The van der Waals surface area contributed by atoms with Crippen LogP contribution < -0.4 is 26.7 Å². The van der Waals surface area contributed by atoms with Crippen molar-refractivity contribution in [1.82, 2.24) is 9.88 Å². The number of nitrogens with one attached hydrogen (secondary N) is 2. The number of carbonyl (C=O) groups excluding carboxylic acids is 2. The fraction of sp³-hybridized carbons (Fsp3) is 0.136. The van der Waals surface area contributed by atoms with Crippen molar-refractivity contribution in [3.05, 3.63) is 78.9 Å². The topological polar surface area (TPSA) is 115 Å². The summed E-state index contributed by atoms with van der Waals surface area (Å²) in [6.45, 7) is 0.435. The van der Waals surface area contributed by atoms with Crippen LogP contribution in [-0.4, -0.2) is 22.9 Å². The maximum absolute atomic E-state index is 14.4. The number of rotatable bonds is 5. The number of nitrogens with zero attached hydrogens (tertiary/aromatic N) is 1. The minimum absolute atomic E-state index is 0.0114. The van der Waals surface area contributed by atoms with Crippen molar-refractivity contribution in [2.24, 2.45) is 12.8 Å². The maximum atomic E-state index is 14.4. The zero-order chi connectivity index (χ0) is 23.0. The van der Waals surface area contributed by atoms with Crippen molar-refractivity contribution in [3.8, 4) is 11.5 Å². The first-order valence-corrected chi connectivity index (χ1v) is 10.7. The Morgan fingerprint density at radius 3 is 2.72 bits per heavy atom. The van der Waals surface area contributed by atoms with Crippen molar-refractivity contribution in [3.63, 3.8) is 0 Å². The first kappa shape index (κ1) is 21.8. The van der Waals surface area contributed by atoms with Gasteiger partial charge in [0.2, 0.25) is 0 Å². The summed E-state index contributed by atoms with van der Waals surface area (Å²) in [5.41, 5.74) is 6.19. The Morgan fingerprint density at radius 2 is 2.00 bits per heavy atom. The number of halogens is 2. The highest BCUT2D eigenvalue weighted by molar-refractivity contribution is 14.1. The number of nitrogens with two attached hydrogens (primary N) is 1. The van der Waals surface area contributed by atoms with E-state index in [1.54, 1.807) is 24.3 Å². The number of pyridine rings is 1. The molecule has 2 amide bonds. The van der Waals surface area contributed by atoms with Gasteiger partial charge in [0.1, 0.15) is 28.7 Å². The molecule has 3 aromatic rings. The van der Waals surface area contributed by atoms with E-state index in [2.05, 4.69) is 10.6 Å². The van der Waals surface area contributed by atoms with Crippen LogP contribution in [0.2, 0.25) is 0 Å². The molecule has 0 radical (unpaired) electrons. The highest BCUT2D eigenvalue weighted by Crippen LogP contribution is 2.34. The zero-order valence-corrected chi connectivity index (χ0v) is 19.0. The number of hydrogen-bond acceptors (Lipinski definition) is 5. The van der Waals surface area contributed by atoms with Gasteiger partial charge in [-0.05, 0) is 59.3 Å². The number of primary amides is 1. The molecular weight excluding hydrogens is 530 g/mol. The van der Waals surface area contributed by atoms with Crippen LogP contribution in [0, 0.1) is 9.39 Å². The predicted molar refractivity (Wildman–Crippen MR) is 125 cm³/mol. The van der Waals surface area contributed by atoms with Gasteiger partial charge in [-0.15, -0.1) is 0 Å². The van der Waals surface area contributed by atoms with E-state index in [1.165, 1.54) is 19.2 Å². The van der Waals surface area contributed by atoms with Gasteiger partial charge in [-0.1, -0.05) is 6.07 Å². The quantitative estimate of drug-likeness (QED) is 0.424. The summed E-state index contributed by atoms with van der Waals surface area (Å²) >= 11 is 1.97. The molecule has 0 spiro atoms. The van der Waals surface area contributed by atoms with Crippen LogP contribution in [0.15, 0.2) is 47.3 Å². The van der Waals surface area contributed by atoms with Gasteiger partial charge in [-0.2, -0.15) is 0 Å². The van der Waals surface area contributed by atoms with Crippen molar-refractivity contribution in [2.45, 2.75) is 6.42 Å². The van der Waals surface area contributed by atoms with Gasteiger partial charge in [0.15, 0.2) is 0 Å². The monoisotopic (exact) mass is 548 g/mol. The molecule has 2 heterocycles. The Labute approximate surface area is 195 Å². The molecule has 4 N–H and O–H groups in total. The summed E-state index contributed by atoms with van der Waals surface area (Å²) in [7, 11) is 1.43. The molecule has 0 saturated carbocycles. The summed E-state index contributed by atoms with van der Waals surface area (Å²) in [6.07, 6.45) is 0.521. The SMILES string of the molecule is Cn1c(Nc2ccc(I)cc2F)c(C(N)=O)c(Oc2cccc3c2CCNC3=O)cc1=O. The summed E-state index contributed by atoms with van der Waals surface area (Å²) in [5.74, 6) is -1.43. The van der Waals surface area contributed by atoms with E-state index in [1.807, 2.05) is 22.6 Å². The molecular formula is C22H18FIN4O4. The minimum atomic E-state index is -0.869. The number of anilines is 2. The van der Waals surface area contributed by atoms with Gasteiger partial charge in [-0.3, -0.25) is 19.0 Å². The van der Waals surface area contributed by atoms with Crippen LogP contribution in [0.5, 0.6) is 11.5 Å². The molecule has 0 atom stereocenters. The fourth-order valence-corrected chi connectivity index (χ4v) is 3.96. The number of ether oxygens (including phenoxy) is 1. The second-order valence-corrected chi connectivity index (χ2v) is 8.38. The second kappa shape index (κ2) is 8.61. The van der Waals surface area contributed by atoms with Gasteiger partial charge in [0, 0.05) is 34.4 Å². The van der Waals surface area contributed by atoms with Crippen molar-refractivity contribution in [1.29, 1.82) is 0 Å². The maximum Gasteiger partial charge on any atom is 0.256 e. The van der Waals surface area contributed by atoms with E-state index in [9.17, 15) is 18.8 Å². The van der Waals surface area contributed by atoms with Gasteiger partial charge in [0.25, 0.3) is 17.4 Å². The largest absolute Gasteiger partial charge is 0.456 e. The van der Waals surface area contributed by atoms with E-state index in [0.29, 0.717) is 33.4 Å². The summed E-state index contributed by atoms with van der Waals surface area (Å²) in [4.78, 5) is 37.2. The van der Waals surface area contributed by atoms with Crippen LogP contribution >= 0.6 is 22.6 Å². The molecule has 1 aromatic heterocycles. The van der Waals surface area contributed by atoms with Crippen LogP contribution in [0.4, 0.5) is 15.9 Å². The Kier molecular flexibility index (Phi) is 5.87. The molecule has 4 rings (SSSR count). The predicted octanol–water partition coefficient (Wildman–Crippen LogP) is 3.05. The fourth-order valence-electron chi connectivity index (χ4n) is 3.51. The Hall–Kier alpha value is -3.41. The Balaban J connectivity index is 1.84. The molecule has 0 saturated heterocycles. The molecule has 32 heavy (non-hydrogen) atoms. The average Bonchev–Trinajstić information content (AvgIpc) is 2.74. The highest BCUT2D eigenvalue weighted by atomic mass is 127. The number of aromatic nitrogens is 1. The summed E-state index contributed by atoms with van der Waals surface area (Å²) in [6, 6.07) is 10.6. The van der Waals surface area contributed by atoms with Crippen molar-refractivity contribution >= 4 is 45.9 Å². The molecule has 0 fully saturated rings. The standard InChI is InChI=1S/C22H18FIN4O4/c1-28-18(29)10-17(32-16-4-2-3-13-12(16)7-8-26-22(13)31)19(20(25)30)21(28)27-15-6-5-11(24)9-14(15)23/h2-6,9-10,27H,7-8H2,1H3,(H2,25,30)(H,26,31).